The van der Waals surface area contributed by atoms with Gasteiger partial charge in [-0.1, -0.05) is 0 Å². The van der Waals surface area contributed by atoms with E-state index in [0.717, 1.165) is 51.4 Å². The lowest BCUT2D eigenvalue weighted by atomic mass is 10.2. The van der Waals surface area contributed by atoms with Crippen LogP contribution in [0.4, 0.5) is 5.69 Å². The van der Waals surface area contributed by atoms with E-state index >= 15 is 0 Å². The van der Waals surface area contributed by atoms with Crippen molar-refractivity contribution in [3.05, 3.63) is 39.9 Å². The third kappa shape index (κ3) is 6.57. The van der Waals surface area contributed by atoms with E-state index in [2.05, 4.69) is 20.7 Å². The van der Waals surface area contributed by atoms with Crippen molar-refractivity contribution in [3.8, 4) is 0 Å². The van der Waals surface area contributed by atoms with Gasteiger partial charge in [0.25, 0.3) is 5.69 Å². The molecule has 0 unspecified atom stereocenters. The number of ether oxygens (including phenoxy) is 1. The number of rotatable bonds is 7. The smallest absolute Gasteiger partial charge is 0.269 e. The molecule has 1 fully saturated rings. The van der Waals surface area contributed by atoms with Crippen LogP contribution in [-0.2, 0) is 4.74 Å². The first-order valence-corrected chi connectivity index (χ1v) is 8.17. The number of hydrogen-bond acceptors (Lipinski definition) is 6. The SMILES string of the molecule is O=[N+]([O-])c1ccc(/C=N\NC(=S)NCCCN2CCOCC2)cc1. The summed E-state index contributed by atoms with van der Waals surface area (Å²) in [5.41, 5.74) is 3.54. The summed E-state index contributed by atoms with van der Waals surface area (Å²) in [6, 6.07) is 6.12. The van der Waals surface area contributed by atoms with E-state index in [-0.39, 0.29) is 5.69 Å². The molecule has 0 spiro atoms. The van der Waals surface area contributed by atoms with Gasteiger partial charge in [-0.05, 0) is 42.9 Å². The second-order valence-corrected chi connectivity index (χ2v) is 5.69. The van der Waals surface area contributed by atoms with Crippen LogP contribution in [0.2, 0.25) is 0 Å². The fraction of sp³-hybridized carbons (Fsp3) is 0.467. The van der Waals surface area contributed by atoms with Crippen LogP contribution in [0.15, 0.2) is 29.4 Å². The van der Waals surface area contributed by atoms with Gasteiger partial charge < -0.3 is 10.1 Å². The zero-order chi connectivity index (χ0) is 17.2. The number of hydrazone groups is 1. The predicted molar refractivity (Wildman–Crippen MR) is 96.3 cm³/mol. The van der Waals surface area contributed by atoms with Crippen molar-refractivity contribution in [3.63, 3.8) is 0 Å². The molecule has 1 aromatic carbocycles. The topological polar surface area (TPSA) is 92.0 Å². The van der Waals surface area contributed by atoms with E-state index in [1.165, 1.54) is 12.1 Å². The van der Waals surface area contributed by atoms with Crippen molar-refractivity contribution in [2.45, 2.75) is 6.42 Å². The van der Waals surface area contributed by atoms with Crippen LogP contribution in [0.1, 0.15) is 12.0 Å². The molecule has 0 atom stereocenters. The molecular formula is C15H21N5O3S. The minimum atomic E-state index is -0.435. The fourth-order valence-electron chi connectivity index (χ4n) is 2.22. The molecule has 0 bridgehead atoms. The maximum atomic E-state index is 10.6. The van der Waals surface area contributed by atoms with Gasteiger partial charge in [0.2, 0.25) is 0 Å². The number of nitro benzene ring substituents is 1. The molecule has 0 aliphatic carbocycles. The number of non-ortho nitro benzene ring substituents is 1. The molecule has 0 saturated carbocycles. The molecule has 8 nitrogen and oxygen atoms in total. The molecule has 24 heavy (non-hydrogen) atoms. The molecule has 2 N–H and O–H groups in total. The molecule has 1 saturated heterocycles. The lowest BCUT2D eigenvalue weighted by molar-refractivity contribution is -0.384. The maximum absolute atomic E-state index is 10.6. The van der Waals surface area contributed by atoms with Crippen molar-refractivity contribution >= 4 is 29.2 Å². The van der Waals surface area contributed by atoms with E-state index in [0.29, 0.717) is 5.11 Å². The van der Waals surface area contributed by atoms with Gasteiger partial charge in [0.05, 0.1) is 24.4 Å². The van der Waals surface area contributed by atoms with Crippen LogP contribution >= 0.6 is 12.2 Å². The molecule has 0 amide bonds. The van der Waals surface area contributed by atoms with Crippen LogP contribution in [0.25, 0.3) is 0 Å². The molecule has 1 aliphatic rings. The number of thiocarbonyl (C=S) groups is 1. The van der Waals surface area contributed by atoms with Gasteiger partial charge in [-0.15, -0.1) is 0 Å². The molecule has 2 rings (SSSR count). The number of nitrogens with zero attached hydrogens (tertiary/aromatic N) is 3. The summed E-state index contributed by atoms with van der Waals surface area (Å²) >= 11 is 5.14. The van der Waals surface area contributed by atoms with E-state index in [1.54, 1.807) is 18.3 Å². The Hall–Kier alpha value is -2.10. The molecule has 1 aromatic rings. The van der Waals surface area contributed by atoms with Crippen LogP contribution in [0.5, 0.6) is 0 Å². The first kappa shape index (κ1) is 18.2. The van der Waals surface area contributed by atoms with Gasteiger partial charge in [0, 0.05) is 31.8 Å². The van der Waals surface area contributed by atoms with Crippen molar-refractivity contribution < 1.29 is 9.66 Å². The monoisotopic (exact) mass is 351 g/mol. The highest BCUT2D eigenvalue weighted by Crippen LogP contribution is 2.10. The van der Waals surface area contributed by atoms with E-state index < -0.39 is 4.92 Å². The summed E-state index contributed by atoms with van der Waals surface area (Å²) < 4.78 is 5.31. The first-order chi connectivity index (χ1) is 11.6. The zero-order valence-electron chi connectivity index (χ0n) is 13.3. The lowest BCUT2D eigenvalue weighted by Gasteiger charge is -2.26. The standard InChI is InChI=1S/C15H21N5O3S/c21-20(22)14-4-2-13(3-5-14)12-17-18-15(24)16-6-1-7-19-8-10-23-11-9-19/h2-5,12H,1,6-11H2,(H2,16,18,24)/b17-12-. The van der Waals surface area contributed by atoms with Crippen LogP contribution in [0, 0.1) is 10.1 Å². The maximum Gasteiger partial charge on any atom is 0.269 e. The highest BCUT2D eigenvalue weighted by atomic mass is 32.1. The third-order valence-electron chi connectivity index (χ3n) is 3.52. The first-order valence-electron chi connectivity index (χ1n) is 7.76. The van der Waals surface area contributed by atoms with E-state index in [4.69, 9.17) is 17.0 Å². The summed E-state index contributed by atoms with van der Waals surface area (Å²) in [4.78, 5) is 12.5. The highest BCUT2D eigenvalue weighted by molar-refractivity contribution is 7.80. The lowest BCUT2D eigenvalue weighted by Crippen LogP contribution is -2.39. The van der Waals surface area contributed by atoms with Crippen molar-refractivity contribution in [1.29, 1.82) is 0 Å². The Labute approximate surface area is 146 Å². The molecule has 0 radical (unpaired) electrons. The normalized spacial score (nSPS) is 15.3. The Morgan fingerprint density at radius 1 is 1.38 bits per heavy atom. The average molecular weight is 351 g/mol. The van der Waals surface area contributed by atoms with Gasteiger partial charge in [-0.2, -0.15) is 5.10 Å². The van der Waals surface area contributed by atoms with Gasteiger partial charge in [0.1, 0.15) is 0 Å². The highest BCUT2D eigenvalue weighted by Gasteiger charge is 2.09. The third-order valence-corrected chi connectivity index (χ3v) is 3.76. The summed E-state index contributed by atoms with van der Waals surface area (Å²) in [6.45, 7) is 5.39. The summed E-state index contributed by atoms with van der Waals surface area (Å²) in [7, 11) is 0. The van der Waals surface area contributed by atoms with Gasteiger partial charge >= 0.3 is 0 Å². The van der Waals surface area contributed by atoms with Crippen LogP contribution < -0.4 is 10.7 Å². The average Bonchev–Trinajstić information content (AvgIpc) is 2.60. The number of nitro groups is 1. The van der Waals surface area contributed by atoms with Crippen LogP contribution in [-0.4, -0.2) is 60.5 Å². The van der Waals surface area contributed by atoms with Crippen molar-refractivity contribution in [1.82, 2.24) is 15.6 Å². The van der Waals surface area contributed by atoms with Crippen molar-refractivity contribution in [2.75, 3.05) is 39.4 Å². The van der Waals surface area contributed by atoms with Gasteiger partial charge in [-0.3, -0.25) is 20.4 Å². The molecule has 1 heterocycles. The number of morpholine rings is 1. The van der Waals surface area contributed by atoms with E-state index in [1.807, 2.05) is 0 Å². The zero-order valence-corrected chi connectivity index (χ0v) is 14.1. The second-order valence-electron chi connectivity index (χ2n) is 5.28. The van der Waals surface area contributed by atoms with Crippen LogP contribution in [0.3, 0.4) is 0 Å². The summed E-state index contributed by atoms with van der Waals surface area (Å²) in [5.74, 6) is 0. The largest absolute Gasteiger partial charge is 0.379 e. The fourth-order valence-corrected chi connectivity index (χ4v) is 2.37. The molecule has 1 aliphatic heterocycles. The Kier molecular flexibility index (Phi) is 7.53. The van der Waals surface area contributed by atoms with Crippen molar-refractivity contribution in [2.24, 2.45) is 5.10 Å². The molecule has 130 valence electrons. The molecular weight excluding hydrogens is 330 g/mol. The number of benzene rings is 1. The Balaban J connectivity index is 1.60. The van der Waals surface area contributed by atoms with E-state index in [9.17, 15) is 10.1 Å². The predicted octanol–water partition coefficient (Wildman–Crippen LogP) is 1.12. The summed E-state index contributed by atoms with van der Waals surface area (Å²) in [6.07, 6.45) is 2.55. The van der Waals surface area contributed by atoms with Gasteiger partial charge in [0.15, 0.2) is 5.11 Å². The quantitative estimate of drug-likeness (QED) is 0.250. The summed E-state index contributed by atoms with van der Waals surface area (Å²) in [5, 5.41) is 18.1. The second kappa shape index (κ2) is 9.91. The van der Waals surface area contributed by atoms with Gasteiger partial charge in [-0.25, -0.2) is 0 Å². The Morgan fingerprint density at radius 3 is 2.75 bits per heavy atom. The Morgan fingerprint density at radius 2 is 2.08 bits per heavy atom. The molecule has 9 heteroatoms. The Bertz CT molecular complexity index is 573. The number of nitrogens with one attached hydrogen (secondary N) is 2. The number of hydrogen-bond donors (Lipinski definition) is 2. The minimum absolute atomic E-state index is 0.0533. The minimum Gasteiger partial charge on any atom is -0.379 e. The molecule has 0 aromatic heterocycles.